The molecule has 8 heteroatoms. The Labute approximate surface area is 182 Å². The number of carbonyl (C=O) groups is 1. The molecule has 2 N–H and O–H groups in total. The number of hydrogen-bond donors (Lipinski definition) is 2. The number of rotatable bonds is 8. The van der Waals surface area contributed by atoms with E-state index in [4.69, 9.17) is 4.74 Å². The molecule has 0 saturated carbocycles. The van der Waals surface area contributed by atoms with Gasteiger partial charge in [-0.15, -0.1) is 0 Å². The van der Waals surface area contributed by atoms with Crippen molar-refractivity contribution in [2.45, 2.75) is 31.1 Å². The van der Waals surface area contributed by atoms with E-state index in [-0.39, 0.29) is 23.1 Å². The van der Waals surface area contributed by atoms with Gasteiger partial charge in [0.2, 0.25) is 5.91 Å². The van der Waals surface area contributed by atoms with Gasteiger partial charge in [0, 0.05) is 24.5 Å². The van der Waals surface area contributed by atoms with Gasteiger partial charge in [0.25, 0.3) is 10.0 Å². The number of hydrogen-bond acceptors (Lipinski definition) is 5. The average Bonchev–Trinajstić information content (AvgIpc) is 2.75. The van der Waals surface area contributed by atoms with Gasteiger partial charge in [-0.2, -0.15) is 0 Å². The summed E-state index contributed by atoms with van der Waals surface area (Å²) in [6.07, 6.45) is 3.64. The number of carbonyl (C=O) groups excluding carboxylic acids is 1. The molecule has 0 radical (unpaired) electrons. The van der Waals surface area contributed by atoms with E-state index in [9.17, 15) is 13.2 Å². The van der Waals surface area contributed by atoms with Gasteiger partial charge in [0.05, 0.1) is 17.7 Å². The number of pyridine rings is 1. The number of para-hydroxylation sites is 2. The predicted molar refractivity (Wildman–Crippen MR) is 121 cm³/mol. The third-order valence-corrected chi connectivity index (χ3v) is 6.39. The van der Waals surface area contributed by atoms with E-state index in [1.807, 2.05) is 19.1 Å². The Bertz CT molecular complexity index is 1160. The van der Waals surface area contributed by atoms with E-state index in [0.717, 1.165) is 5.56 Å². The van der Waals surface area contributed by atoms with Crippen molar-refractivity contribution in [3.05, 3.63) is 78.1 Å². The summed E-state index contributed by atoms with van der Waals surface area (Å²) >= 11 is 0. The summed E-state index contributed by atoms with van der Waals surface area (Å²) in [7, 11) is -2.42. The van der Waals surface area contributed by atoms with Gasteiger partial charge in [-0.25, -0.2) is 8.42 Å². The van der Waals surface area contributed by atoms with E-state index in [1.54, 1.807) is 55.7 Å². The third kappa shape index (κ3) is 5.61. The number of nitrogens with one attached hydrogen (secondary N) is 2. The van der Waals surface area contributed by atoms with Crippen LogP contribution in [0.4, 0.5) is 11.4 Å². The zero-order valence-electron chi connectivity index (χ0n) is 17.6. The van der Waals surface area contributed by atoms with Crippen molar-refractivity contribution < 1.29 is 17.9 Å². The zero-order valence-corrected chi connectivity index (χ0v) is 18.4. The summed E-state index contributed by atoms with van der Waals surface area (Å²) in [6, 6.07) is 15.3. The van der Waals surface area contributed by atoms with E-state index in [1.165, 1.54) is 13.2 Å². The number of ether oxygens (including phenoxy) is 1. The van der Waals surface area contributed by atoms with Crippen molar-refractivity contribution in [2.75, 3.05) is 17.1 Å². The lowest BCUT2D eigenvalue weighted by atomic mass is 9.98. The molecule has 31 heavy (non-hydrogen) atoms. The quantitative estimate of drug-likeness (QED) is 0.544. The monoisotopic (exact) mass is 439 g/mol. The first kappa shape index (κ1) is 22.3. The maximum absolute atomic E-state index is 13.0. The number of anilines is 2. The summed E-state index contributed by atoms with van der Waals surface area (Å²) < 4.78 is 33.8. The molecule has 0 saturated heterocycles. The van der Waals surface area contributed by atoms with E-state index in [2.05, 4.69) is 15.0 Å². The number of aryl methyl sites for hydroxylation is 1. The molecule has 1 atom stereocenters. The van der Waals surface area contributed by atoms with Gasteiger partial charge in [0.15, 0.2) is 0 Å². The van der Waals surface area contributed by atoms with Crippen molar-refractivity contribution in [3.63, 3.8) is 0 Å². The molecule has 3 aromatic rings. The SMILES string of the molecule is COc1ccccc1NS(=O)(=O)c1cc(NC(=O)C[C@@H](C)c2ccncc2)ccc1C. The molecule has 162 valence electrons. The van der Waals surface area contributed by atoms with Gasteiger partial charge in [0.1, 0.15) is 5.75 Å². The van der Waals surface area contributed by atoms with Gasteiger partial charge in [-0.1, -0.05) is 25.1 Å². The molecular weight excluding hydrogens is 414 g/mol. The van der Waals surface area contributed by atoms with Crippen LogP contribution in [0.5, 0.6) is 5.75 Å². The van der Waals surface area contributed by atoms with Crippen LogP contribution in [0.2, 0.25) is 0 Å². The molecule has 1 aromatic heterocycles. The highest BCUT2D eigenvalue weighted by Crippen LogP contribution is 2.28. The van der Waals surface area contributed by atoms with Crippen molar-refractivity contribution >= 4 is 27.3 Å². The minimum atomic E-state index is -3.89. The number of nitrogens with zero attached hydrogens (tertiary/aromatic N) is 1. The lowest BCUT2D eigenvalue weighted by Gasteiger charge is -2.15. The molecule has 0 spiro atoms. The van der Waals surface area contributed by atoms with Crippen molar-refractivity contribution in [1.29, 1.82) is 0 Å². The zero-order chi connectivity index (χ0) is 22.4. The molecule has 2 aromatic carbocycles. The summed E-state index contributed by atoms with van der Waals surface area (Å²) in [6.45, 7) is 3.66. The lowest BCUT2D eigenvalue weighted by molar-refractivity contribution is -0.116. The standard InChI is InChI=1S/C23H25N3O4S/c1-16-8-9-19(25-23(27)14-17(2)18-10-12-24-13-11-18)15-22(16)31(28,29)26-20-6-4-5-7-21(20)30-3/h4-13,15,17,26H,14H2,1-3H3,(H,25,27)/t17-/m1/s1. The predicted octanol–water partition coefficient (Wildman–Crippen LogP) is 4.33. The van der Waals surface area contributed by atoms with Gasteiger partial charge < -0.3 is 10.1 Å². The topological polar surface area (TPSA) is 97.4 Å². The first-order chi connectivity index (χ1) is 14.8. The van der Waals surface area contributed by atoms with E-state index < -0.39 is 10.0 Å². The van der Waals surface area contributed by atoms with Crippen molar-refractivity contribution in [1.82, 2.24) is 4.98 Å². The number of amides is 1. The Balaban J connectivity index is 1.77. The van der Waals surface area contributed by atoms with Crippen LogP contribution in [0.25, 0.3) is 0 Å². The summed E-state index contributed by atoms with van der Waals surface area (Å²) in [5.74, 6) is 0.219. The lowest BCUT2D eigenvalue weighted by Crippen LogP contribution is -2.17. The molecule has 0 aliphatic carbocycles. The second kappa shape index (κ2) is 9.61. The second-order valence-corrected chi connectivity index (χ2v) is 8.87. The fourth-order valence-electron chi connectivity index (χ4n) is 3.20. The highest BCUT2D eigenvalue weighted by Gasteiger charge is 2.20. The minimum absolute atomic E-state index is 0.00358. The van der Waals surface area contributed by atoms with Gasteiger partial charge in [-0.05, 0) is 60.4 Å². The molecule has 1 amide bonds. The Kier molecular flexibility index (Phi) is 6.91. The second-order valence-electron chi connectivity index (χ2n) is 7.22. The van der Waals surface area contributed by atoms with Crippen LogP contribution < -0.4 is 14.8 Å². The molecule has 7 nitrogen and oxygen atoms in total. The molecule has 1 heterocycles. The summed E-state index contributed by atoms with van der Waals surface area (Å²) in [5, 5.41) is 2.80. The largest absolute Gasteiger partial charge is 0.495 e. The van der Waals surface area contributed by atoms with Crippen LogP contribution in [-0.2, 0) is 14.8 Å². The minimum Gasteiger partial charge on any atom is -0.495 e. The fourth-order valence-corrected chi connectivity index (χ4v) is 4.54. The van der Waals surface area contributed by atoms with Crippen LogP contribution in [-0.4, -0.2) is 26.4 Å². The molecule has 3 rings (SSSR count). The molecule has 0 fully saturated rings. The smallest absolute Gasteiger partial charge is 0.262 e. The maximum atomic E-state index is 13.0. The van der Waals surface area contributed by atoms with Gasteiger partial charge >= 0.3 is 0 Å². The third-order valence-electron chi connectivity index (χ3n) is 4.88. The summed E-state index contributed by atoms with van der Waals surface area (Å²) in [4.78, 5) is 16.6. The van der Waals surface area contributed by atoms with Crippen LogP contribution >= 0.6 is 0 Å². The normalized spacial score (nSPS) is 12.1. The number of methoxy groups -OCH3 is 1. The molecular formula is C23H25N3O4S. The Morgan fingerprint density at radius 2 is 1.81 bits per heavy atom. The van der Waals surface area contributed by atoms with Crippen LogP contribution in [0.3, 0.4) is 0 Å². The van der Waals surface area contributed by atoms with E-state index in [0.29, 0.717) is 22.7 Å². The number of aromatic nitrogens is 1. The Morgan fingerprint density at radius 3 is 2.52 bits per heavy atom. The maximum Gasteiger partial charge on any atom is 0.262 e. The van der Waals surface area contributed by atoms with Crippen molar-refractivity contribution in [2.24, 2.45) is 0 Å². The molecule has 0 aliphatic rings. The Morgan fingerprint density at radius 1 is 1.10 bits per heavy atom. The number of benzene rings is 2. The van der Waals surface area contributed by atoms with Gasteiger partial charge in [-0.3, -0.25) is 14.5 Å². The highest BCUT2D eigenvalue weighted by molar-refractivity contribution is 7.92. The van der Waals surface area contributed by atoms with Crippen LogP contribution in [0.15, 0.2) is 71.9 Å². The number of sulfonamides is 1. The molecule has 0 unspecified atom stereocenters. The first-order valence-electron chi connectivity index (χ1n) is 9.76. The average molecular weight is 440 g/mol. The van der Waals surface area contributed by atoms with Crippen molar-refractivity contribution in [3.8, 4) is 5.75 Å². The summed E-state index contributed by atoms with van der Waals surface area (Å²) in [5.41, 5.74) is 2.33. The molecule has 0 aliphatic heterocycles. The van der Waals surface area contributed by atoms with E-state index >= 15 is 0 Å². The molecule has 0 bridgehead atoms. The first-order valence-corrected chi connectivity index (χ1v) is 11.2. The Hall–Kier alpha value is -3.39. The fraction of sp³-hybridized carbons (Fsp3) is 0.217. The van der Waals surface area contributed by atoms with Crippen LogP contribution in [0.1, 0.15) is 30.4 Å². The van der Waals surface area contributed by atoms with Crippen LogP contribution in [0, 0.1) is 6.92 Å². The highest BCUT2D eigenvalue weighted by atomic mass is 32.2.